The Kier molecular flexibility index (Phi) is 7.68. The molecule has 0 aliphatic carbocycles. The van der Waals surface area contributed by atoms with Gasteiger partial charge in [0.1, 0.15) is 11.7 Å². The van der Waals surface area contributed by atoms with Crippen LogP contribution in [0.3, 0.4) is 0 Å². The van der Waals surface area contributed by atoms with Crippen LogP contribution < -0.4 is 10.1 Å². The Hall–Kier alpha value is -3.73. The molecule has 9 nitrogen and oxygen atoms in total. The van der Waals surface area contributed by atoms with Gasteiger partial charge in [-0.05, 0) is 32.7 Å². The van der Waals surface area contributed by atoms with Crippen LogP contribution in [0.5, 0.6) is 5.75 Å². The molecular formula is C25H32F2N8O. The summed E-state index contributed by atoms with van der Waals surface area (Å²) in [4.78, 5) is 15.8. The summed E-state index contributed by atoms with van der Waals surface area (Å²) < 4.78 is 35.0. The van der Waals surface area contributed by atoms with Gasteiger partial charge in [-0.25, -0.2) is 18.8 Å². The van der Waals surface area contributed by atoms with E-state index < -0.39 is 17.4 Å². The van der Waals surface area contributed by atoms with E-state index in [0.717, 1.165) is 37.6 Å². The van der Waals surface area contributed by atoms with Crippen molar-refractivity contribution in [3.05, 3.63) is 53.1 Å². The summed E-state index contributed by atoms with van der Waals surface area (Å²) in [6.45, 7) is 12.5. The van der Waals surface area contributed by atoms with Crippen LogP contribution in [0, 0.1) is 18.6 Å². The number of nitrogens with zero attached hydrogens (tertiary/aromatic N) is 5. The lowest BCUT2D eigenvalue weighted by atomic mass is 10.1. The highest BCUT2D eigenvalue weighted by molar-refractivity contribution is 5.94. The molecule has 3 aromatic rings. The summed E-state index contributed by atoms with van der Waals surface area (Å²) in [5.74, 6) is -0.0883. The number of aromatic nitrogens is 3. The molecule has 0 spiro atoms. The van der Waals surface area contributed by atoms with E-state index in [1.54, 1.807) is 19.1 Å². The van der Waals surface area contributed by atoms with Crippen molar-refractivity contribution < 1.29 is 13.5 Å². The average Bonchev–Trinajstić information content (AvgIpc) is 3.46. The maximum atomic E-state index is 14.9. The molecule has 1 saturated heterocycles. The first-order valence-corrected chi connectivity index (χ1v) is 11.8. The molecule has 3 heterocycles. The molecule has 1 aliphatic heterocycles. The number of fused-ring (bicyclic) bond motifs is 1. The van der Waals surface area contributed by atoms with E-state index in [4.69, 9.17) is 4.74 Å². The molecule has 1 fully saturated rings. The number of halogens is 2. The second-order valence-electron chi connectivity index (χ2n) is 9.17. The van der Waals surface area contributed by atoms with Gasteiger partial charge >= 0.3 is 0 Å². The molecule has 0 saturated carbocycles. The Morgan fingerprint density at radius 1 is 1.25 bits per heavy atom. The van der Waals surface area contributed by atoms with Gasteiger partial charge in [-0.3, -0.25) is 5.10 Å². The van der Waals surface area contributed by atoms with Gasteiger partial charge in [0.25, 0.3) is 0 Å². The van der Waals surface area contributed by atoms with Crippen LogP contribution >= 0.6 is 0 Å². The second kappa shape index (κ2) is 10.9. The SMILES string of the molecule is C=N/C(=C\C(=N/COc1c(F)cc2[nH]c(C)cc2c1F)N1CCN(C)CC1)Nc1cc(C(C)C)[nH]n1. The quantitative estimate of drug-likeness (QED) is 0.319. The summed E-state index contributed by atoms with van der Waals surface area (Å²) in [7, 11) is 2.06. The predicted octanol–water partition coefficient (Wildman–Crippen LogP) is 4.24. The Morgan fingerprint density at radius 3 is 2.67 bits per heavy atom. The minimum absolute atomic E-state index is 0.272. The molecule has 0 amide bonds. The van der Waals surface area contributed by atoms with Gasteiger partial charge in [0.15, 0.2) is 29.9 Å². The standard InChI is InChI=1S/C25H32F2N8O/c1-15(2)19-12-22(33-32-19)31-21(28-4)13-23(35-8-6-34(5)7-9-35)29-14-36-25-18(26)11-20-17(24(25)27)10-16(3)30-20/h10-13,15,30H,4,6-9,14H2,1-3,5H3,(H2,31,32,33)/b21-13+,29-23+. The van der Waals surface area contributed by atoms with Crippen LogP contribution in [0.2, 0.25) is 0 Å². The smallest absolute Gasteiger partial charge is 0.194 e. The molecule has 192 valence electrons. The molecule has 1 aliphatic rings. The summed E-state index contributed by atoms with van der Waals surface area (Å²) in [5.41, 5.74) is 2.10. The predicted molar refractivity (Wildman–Crippen MR) is 139 cm³/mol. The number of likely N-dealkylation sites (N-methyl/N-ethyl adjacent to an activating group) is 1. The minimum Gasteiger partial charge on any atom is -0.465 e. The van der Waals surface area contributed by atoms with Crippen LogP contribution in [0.4, 0.5) is 14.6 Å². The van der Waals surface area contributed by atoms with Crippen molar-refractivity contribution in [3.8, 4) is 5.75 Å². The van der Waals surface area contributed by atoms with E-state index >= 15 is 0 Å². The van der Waals surface area contributed by atoms with Crippen LogP contribution in [0.15, 0.2) is 40.1 Å². The van der Waals surface area contributed by atoms with Crippen molar-refractivity contribution in [1.82, 2.24) is 25.0 Å². The lowest BCUT2D eigenvalue weighted by molar-refractivity contribution is 0.214. The van der Waals surface area contributed by atoms with Crippen molar-refractivity contribution in [2.45, 2.75) is 26.7 Å². The normalized spacial score (nSPS) is 15.7. The number of H-pyrrole nitrogens is 2. The van der Waals surface area contributed by atoms with Gasteiger partial charge in [-0.15, -0.1) is 0 Å². The number of anilines is 1. The zero-order valence-corrected chi connectivity index (χ0v) is 21.0. The van der Waals surface area contributed by atoms with Crippen molar-refractivity contribution in [2.75, 3.05) is 45.3 Å². The average molecular weight is 499 g/mol. The molecule has 36 heavy (non-hydrogen) atoms. The number of hydrogen-bond donors (Lipinski definition) is 3. The van der Waals surface area contributed by atoms with Crippen molar-refractivity contribution in [3.63, 3.8) is 0 Å². The fraction of sp³-hybridized carbons (Fsp3) is 0.400. The largest absolute Gasteiger partial charge is 0.465 e. The number of aliphatic imine (C=N–C) groups is 2. The molecular weight excluding hydrogens is 466 g/mol. The first-order chi connectivity index (χ1) is 17.2. The van der Waals surface area contributed by atoms with Crippen molar-refractivity contribution in [1.29, 1.82) is 0 Å². The first-order valence-electron chi connectivity index (χ1n) is 11.8. The van der Waals surface area contributed by atoms with E-state index in [9.17, 15) is 8.78 Å². The van der Waals surface area contributed by atoms with Crippen molar-refractivity contribution in [2.24, 2.45) is 9.98 Å². The lowest BCUT2D eigenvalue weighted by Crippen LogP contribution is -2.47. The van der Waals surface area contributed by atoms with Crippen LogP contribution in [-0.4, -0.2) is 77.5 Å². The Morgan fingerprint density at radius 2 is 2.00 bits per heavy atom. The Labute approximate surface area is 208 Å². The van der Waals surface area contributed by atoms with Gasteiger partial charge in [0.2, 0.25) is 0 Å². The molecule has 11 heteroatoms. The molecule has 3 N–H and O–H groups in total. The highest BCUT2D eigenvalue weighted by Gasteiger charge is 2.19. The van der Waals surface area contributed by atoms with Gasteiger partial charge in [-0.2, -0.15) is 5.10 Å². The summed E-state index contributed by atoms with van der Waals surface area (Å²) in [6.07, 6.45) is 1.73. The Balaban J connectivity index is 1.57. The van der Waals surface area contributed by atoms with Crippen LogP contribution in [0.25, 0.3) is 10.9 Å². The number of nitrogens with one attached hydrogen (secondary N) is 3. The number of hydrogen-bond acceptors (Lipinski definition) is 6. The molecule has 4 rings (SSSR count). The Bertz CT molecular complexity index is 1280. The number of amidine groups is 1. The van der Waals surface area contributed by atoms with Crippen LogP contribution in [0.1, 0.15) is 31.2 Å². The van der Waals surface area contributed by atoms with Gasteiger partial charge in [0.05, 0.1) is 5.52 Å². The van der Waals surface area contributed by atoms with E-state index in [0.29, 0.717) is 28.9 Å². The molecule has 1 aromatic carbocycles. The number of aryl methyl sites for hydroxylation is 1. The monoisotopic (exact) mass is 498 g/mol. The number of piperazine rings is 1. The summed E-state index contributed by atoms with van der Waals surface area (Å²) >= 11 is 0. The zero-order valence-electron chi connectivity index (χ0n) is 21.0. The van der Waals surface area contributed by atoms with Gasteiger partial charge in [0, 0.05) is 61.2 Å². The van der Waals surface area contributed by atoms with E-state index in [-0.39, 0.29) is 12.1 Å². The maximum absolute atomic E-state index is 14.9. The summed E-state index contributed by atoms with van der Waals surface area (Å²) in [6, 6.07) is 4.75. The lowest BCUT2D eigenvalue weighted by Gasteiger charge is -2.33. The molecule has 0 unspecified atom stereocenters. The van der Waals surface area contributed by atoms with E-state index in [1.807, 2.05) is 6.07 Å². The highest BCUT2D eigenvalue weighted by atomic mass is 19.1. The fourth-order valence-electron chi connectivity index (χ4n) is 3.96. The maximum Gasteiger partial charge on any atom is 0.194 e. The third-order valence-electron chi connectivity index (χ3n) is 6.08. The zero-order chi connectivity index (χ0) is 25.8. The topological polar surface area (TPSA) is 96.9 Å². The molecule has 2 aromatic heterocycles. The summed E-state index contributed by atoms with van der Waals surface area (Å²) in [5, 5.41) is 10.7. The van der Waals surface area contributed by atoms with Crippen molar-refractivity contribution >= 4 is 29.3 Å². The number of aromatic amines is 2. The molecule has 0 bridgehead atoms. The van der Waals surface area contributed by atoms with Crippen LogP contribution in [-0.2, 0) is 0 Å². The highest BCUT2D eigenvalue weighted by Crippen LogP contribution is 2.30. The van der Waals surface area contributed by atoms with Gasteiger partial charge in [-0.1, -0.05) is 13.8 Å². The fourth-order valence-corrected chi connectivity index (χ4v) is 3.96. The number of rotatable bonds is 8. The number of ether oxygens (including phenoxy) is 1. The third-order valence-corrected chi connectivity index (χ3v) is 6.08. The second-order valence-corrected chi connectivity index (χ2v) is 9.17. The van der Waals surface area contributed by atoms with E-state index in [2.05, 4.69) is 67.9 Å². The van der Waals surface area contributed by atoms with E-state index in [1.165, 1.54) is 6.07 Å². The minimum atomic E-state index is -0.789. The van der Waals surface area contributed by atoms with Gasteiger partial charge < -0.3 is 24.8 Å². The molecule has 0 atom stereocenters. The molecule has 0 radical (unpaired) electrons. The number of benzene rings is 1. The third kappa shape index (κ3) is 5.73. The first kappa shape index (κ1) is 25.4.